The van der Waals surface area contributed by atoms with Gasteiger partial charge < -0.3 is 15.4 Å². The van der Waals surface area contributed by atoms with Crippen LogP contribution in [0.5, 0.6) is 5.75 Å². The Labute approximate surface area is 116 Å². The SMILES string of the molecule is CC(C)Oc1cc(N)cc(N(C)C2CCCCC2)c1. The van der Waals surface area contributed by atoms with E-state index in [2.05, 4.69) is 18.0 Å². The van der Waals surface area contributed by atoms with Gasteiger partial charge >= 0.3 is 0 Å². The number of hydrogen-bond acceptors (Lipinski definition) is 3. The Bertz CT molecular complexity index is 411. The molecule has 0 heterocycles. The second-order valence-corrected chi connectivity index (χ2v) is 5.83. The maximum atomic E-state index is 6.00. The molecule has 3 heteroatoms. The van der Waals surface area contributed by atoms with E-state index in [1.807, 2.05) is 26.0 Å². The van der Waals surface area contributed by atoms with Crippen LogP contribution < -0.4 is 15.4 Å². The molecule has 1 saturated carbocycles. The topological polar surface area (TPSA) is 38.5 Å². The van der Waals surface area contributed by atoms with Crippen molar-refractivity contribution in [1.29, 1.82) is 0 Å². The van der Waals surface area contributed by atoms with E-state index in [1.165, 1.54) is 37.8 Å². The molecule has 1 aromatic carbocycles. The molecule has 0 saturated heterocycles. The Morgan fingerprint density at radius 3 is 2.47 bits per heavy atom. The van der Waals surface area contributed by atoms with Crippen LogP contribution in [0.15, 0.2) is 18.2 Å². The maximum absolute atomic E-state index is 6.00. The fraction of sp³-hybridized carbons (Fsp3) is 0.625. The molecule has 0 radical (unpaired) electrons. The highest BCUT2D eigenvalue weighted by Gasteiger charge is 2.19. The van der Waals surface area contributed by atoms with Gasteiger partial charge in [-0.25, -0.2) is 0 Å². The minimum Gasteiger partial charge on any atom is -0.491 e. The number of hydrogen-bond donors (Lipinski definition) is 1. The van der Waals surface area contributed by atoms with Crippen molar-refractivity contribution >= 4 is 11.4 Å². The van der Waals surface area contributed by atoms with Crippen molar-refractivity contribution in [1.82, 2.24) is 0 Å². The first-order valence-corrected chi connectivity index (χ1v) is 7.36. The van der Waals surface area contributed by atoms with Crippen LogP contribution in [-0.4, -0.2) is 19.2 Å². The van der Waals surface area contributed by atoms with Gasteiger partial charge in [0.15, 0.2) is 0 Å². The summed E-state index contributed by atoms with van der Waals surface area (Å²) < 4.78 is 5.77. The minimum absolute atomic E-state index is 0.176. The largest absolute Gasteiger partial charge is 0.491 e. The van der Waals surface area contributed by atoms with Gasteiger partial charge in [-0.3, -0.25) is 0 Å². The molecule has 0 amide bonds. The van der Waals surface area contributed by atoms with Gasteiger partial charge in [-0.05, 0) is 32.8 Å². The highest BCUT2D eigenvalue weighted by Crippen LogP contribution is 2.30. The van der Waals surface area contributed by atoms with Crippen LogP contribution in [0.2, 0.25) is 0 Å². The minimum atomic E-state index is 0.176. The molecule has 106 valence electrons. The van der Waals surface area contributed by atoms with Crippen LogP contribution in [0, 0.1) is 0 Å². The summed E-state index contributed by atoms with van der Waals surface area (Å²) in [5, 5.41) is 0. The van der Waals surface area contributed by atoms with Crippen LogP contribution in [0.1, 0.15) is 46.0 Å². The smallest absolute Gasteiger partial charge is 0.123 e. The molecule has 1 aliphatic carbocycles. The zero-order valence-electron chi connectivity index (χ0n) is 12.4. The van der Waals surface area contributed by atoms with E-state index in [0.717, 1.165) is 11.4 Å². The average molecular weight is 262 g/mol. The van der Waals surface area contributed by atoms with E-state index < -0.39 is 0 Å². The highest BCUT2D eigenvalue weighted by atomic mass is 16.5. The maximum Gasteiger partial charge on any atom is 0.123 e. The van der Waals surface area contributed by atoms with Gasteiger partial charge in [0.2, 0.25) is 0 Å². The van der Waals surface area contributed by atoms with E-state index in [-0.39, 0.29) is 6.10 Å². The molecule has 19 heavy (non-hydrogen) atoms. The van der Waals surface area contributed by atoms with Gasteiger partial charge in [0.05, 0.1) is 6.10 Å². The summed E-state index contributed by atoms with van der Waals surface area (Å²) in [6.45, 7) is 4.07. The molecule has 0 bridgehead atoms. The summed E-state index contributed by atoms with van der Waals surface area (Å²) >= 11 is 0. The third-order valence-corrected chi connectivity index (χ3v) is 3.82. The van der Waals surface area contributed by atoms with Crippen molar-refractivity contribution in [3.8, 4) is 5.75 Å². The molecule has 3 nitrogen and oxygen atoms in total. The molecular weight excluding hydrogens is 236 g/mol. The fourth-order valence-electron chi connectivity index (χ4n) is 2.83. The predicted molar refractivity (Wildman–Crippen MR) is 81.9 cm³/mol. The van der Waals surface area contributed by atoms with E-state index in [9.17, 15) is 0 Å². The lowest BCUT2D eigenvalue weighted by molar-refractivity contribution is 0.242. The monoisotopic (exact) mass is 262 g/mol. The highest BCUT2D eigenvalue weighted by molar-refractivity contribution is 5.60. The Balaban J connectivity index is 2.15. The van der Waals surface area contributed by atoms with E-state index >= 15 is 0 Å². The number of nitrogens with two attached hydrogens (primary N) is 1. The number of nitrogens with zero attached hydrogens (tertiary/aromatic N) is 1. The molecule has 2 rings (SSSR count). The number of benzene rings is 1. The number of ether oxygens (including phenoxy) is 1. The number of rotatable bonds is 4. The first kappa shape index (κ1) is 14.0. The normalized spacial score (nSPS) is 16.6. The zero-order valence-corrected chi connectivity index (χ0v) is 12.4. The van der Waals surface area contributed by atoms with Crippen molar-refractivity contribution in [2.24, 2.45) is 0 Å². The van der Waals surface area contributed by atoms with Crippen molar-refractivity contribution in [3.05, 3.63) is 18.2 Å². The standard InChI is InChI=1S/C16H26N2O/c1-12(2)19-16-10-13(17)9-15(11-16)18(3)14-7-5-4-6-8-14/h9-12,14H,4-8,17H2,1-3H3. The molecule has 1 fully saturated rings. The summed E-state index contributed by atoms with van der Waals surface area (Å²) in [4.78, 5) is 2.36. The molecular formula is C16H26N2O. The Morgan fingerprint density at radius 1 is 1.16 bits per heavy atom. The van der Waals surface area contributed by atoms with Gasteiger partial charge in [-0.1, -0.05) is 19.3 Å². The molecule has 0 spiro atoms. The van der Waals surface area contributed by atoms with Crippen molar-refractivity contribution in [3.63, 3.8) is 0 Å². The first-order valence-electron chi connectivity index (χ1n) is 7.36. The summed E-state index contributed by atoms with van der Waals surface area (Å²) in [7, 11) is 2.17. The number of nitrogen functional groups attached to an aromatic ring is 1. The van der Waals surface area contributed by atoms with Gasteiger partial charge in [-0.15, -0.1) is 0 Å². The fourth-order valence-corrected chi connectivity index (χ4v) is 2.83. The van der Waals surface area contributed by atoms with Crippen molar-refractivity contribution in [2.45, 2.75) is 58.1 Å². The Morgan fingerprint density at radius 2 is 1.84 bits per heavy atom. The molecule has 0 unspecified atom stereocenters. The zero-order chi connectivity index (χ0) is 13.8. The van der Waals surface area contributed by atoms with Crippen LogP contribution >= 0.6 is 0 Å². The quantitative estimate of drug-likeness (QED) is 0.838. The van der Waals surface area contributed by atoms with E-state index in [1.54, 1.807) is 0 Å². The summed E-state index contributed by atoms with van der Waals surface area (Å²) in [6, 6.07) is 6.69. The first-order chi connectivity index (χ1) is 9.06. The van der Waals surface area contributed by atoms with Crippen molar-refractivity contribution < 1.29 is 4.74 Å². The van der Waals surface area contributed by atoms with Gasteiger partial charge in [0.1, 0.15) is 5.75 Å². The number of anilines is 2. The third-order valence-electron chi connectivity index (χ3n) is 3.82. The molecule has 2 N–H and O–H groups in total. The van der Waals surface area contributed by atoms with Crippen molar-refractivity contribution in [2.75, 3.05) is 17.7 Å². The van der Waals surface area contributed by atoms with E-state index in [0.29, 0.717) is 6.04 Å². The Kier molecular flexibility index (Phi) is 4.56. The molecule has 0 aromatic heterocycles. The summed E-state index contributed by atoms with van der Waals surface area (Å²) in [5.74, 6) is 0.868. The predicted octanol–water partition coefficient (Wildman–Crippen LogP) is 3.82. The van der Waals surface area contributed by atoms with Gasteiger partial charge in [0, 0.05) is 36.6 Å². The van der Waals surface area contributed by atoms with Crippen LogP contribution in [0.3, 0.4) is 0 Å². The third kappa shape index (κ3) is 3.79. The van der Waals surface area contributed by atoms with Crippen LogP contribution in [0.4, 0.5) is 11.4 Å². The second-order valence-electron chi connectivity index (χ2n) is 5.83. The molecule has 0 aliphatic heterocycles. The second kappa shape index (κ2) is 6.18. The van der Waals surface area contributed by atoms with E-state index in [4.69, 9.17) is 10.5 Å². The molecule has 1 aromatic rings. The molecule has 1 aliphatic rings. The van der Waals surface area contributed by atoms with Gasteiger partial charge in [-0.2, -0.15) is 0 Å². The molecule has 0 atom stereocenters. The lowest BCUT2D eigenvalue weighted by Gasteiger charge is -2.33. The average Bonchev–Trinajstić information content (AvgIpc) is 2.37. The lowest BCUT2D eigenvalue weighted by Crippen LogP contribution is -2.33. The van der Waals surface area contributed by atoms with Gasteiger partial charge in [0.25, 0.3) is 0 Å². The van der Waals surface area contributed by atoms with Crippen LogP contribution in [-0.2, 0) is 0 Å². The summed E-state index contributed by atoms with van der Waals surface area (Å²) in [5.41, 5.74) is 7.94. The summed E-state index contributed by atoms with van der Waals surface area (Å²) in [6.07, 6.45) is 6.80. The van der Waals surface area contributed by atoms with Crippen LogP contribution in [0.25, 0.3) is 0 Å². The Hall–Kier alpha value is -1.38. The lowest BCUT2D eigenvalue weighted by atomic mass is 9.94.